The zero-order valence-corrected chi connectivity index (χ0v) is 13.0. The zero-order valence-electron chi connectivity index (χ0n) is 12.2. The first-order valence-electron chi connectivity index (χ1n) is 6.79. The average Bonchev–Trinajstić information content (AvgIpc) is 2.49. The molecule has 0 heterocycles. The minimum atomic E-state index is -0.154. The summed E-state index contributed by atoms with van der Waals surface area (Å²) in [7, 11) is 1.66. The minimum absolute atomic E-state index is 0.00146. The summed E-state index contributed by atoms with van der Waals surface area (Å²) in [5, 5.41) is 2.79. The van der Waals surface area contributed by atoms with Gasteiger partial charge in [-0.25, -0.2) is 0 Å². The number of thioether (sulfide) groups is 1. The molecule has 0 saturated carbocycles. The van der Waals surface area contributed by atoms with Crippen LogP contribution in [0, 0.1) is 0 Å². The van der Waals surface area contributed by atoms with Crippen LogP contribution in [0.1, 0.15) is 12.5 Å². The first kappa shape index (κ1) is 15.6. The van der Waals surface area contributed by atoms with Crippen LogP contribution >= 0.6 is 11.8 Å². The van der Waals surface area contributed by atoms with Crippen LogP contribution in [0.15, 0.2) is 59.5 Å². The van der Waals surface area contributed by atoms with Gasteiger partial charge in [0.25, 0.3) is 0 Å². The van der Waals surface area contributed by atoms with Crippen molar-refractivity contribution < 1.29 is 9.53 Å². The maximum absolute atomic E-state index is 12.2. The number of carbonyl (C=O) groups is 1. The van der Waals surface area contributed by atoms with Crippen molar-refractivity contribution in [1.29, 1.82) is 0 Å². The van der Waals surface area contributed by atoms with Crippen molar-refractivity contribution in [3.63, 3.8) is 0 Å². The van der Waals surface area contributed by atoms with Crippen molar-refractivity contribution in [2.45, 2.75) is 23.7 Å². The quantitative estimate of drug-likeness (QED) is 0.821. The Balaban J connectivity index is 1.95. The van der Waals surface area contributed by atoms with E-state index < -0.39 is 0 Å². The van der Waals surface area contributed by atoms with Gasteiger partial charge in [-0.2, -0.15) is 0 Å². The fourth-order valence-corrected chi connectivity index (χ4v) is 2.79. The molecular weight excluding hydrogens is 282 g/mol. The van der Waals surface area contributed by atoms with E-state index in [9.17, 15) is 4.79 Å². The molecule has 4 heteroatoms. The van der Waals surface area contributed by atoms with Gasteiger partial charge in [0.1, 0.15) is 0 Å². The van der Waals surface area contributed by atoms with Crippen LogP contribution in [0.3, 0.4) is 0 Å². The maximum Gasteiger partial charge on any atom is 0.237 e. The molecule has 21 heavy (non-hydrogen) atoms. The van der Waals surface area contributed by atoms with Crippen LogP contribution < -0.4 is 5.32 Å². The van der Waals surface area contributed by atoms with E-state index in [0.29, 0.717) is 6.61 Å². The Morgan fingerprint density at radius 1 is 1.19 bits per heavy atom. The van der Waals surface area contributed by atoms with Crippen LogP contribution in [0.4, 0.5) is 5.69 Å². The van der Waals surface area contributed by atoms with E-state index >= 15 is 0 Å². The van der Waals surface area contributed by atoms with Gasteiger partial charge in [-0.1, -0.05) is 30.3 Å². The molecule has 0 bridgehead atoms. The van der Waals surface area contributed by atoms with Gasteiger partial charge in [0.2, 0.25) is 5.91 Å². The van der Waals surface area contributed by atoms with Crippen LogP contribution in [0.2, 0.25) is 0 Å². The van der Waals surface area contributed by atoms with E-state index in [0.717, 1.165) is 16.1 Å². The van der Waals surface area contributed by atoms with E-state index in [2.05, 4.69) is 5.32 Å². The molecule has 0 aliphatic carbocycles. The number of nitrogens with one attached hydrogen (secondary N) is 1. The normalized spacial score (nSPS) is 11.9. The van der Waals surface area contributed by atoms with E-state index in [1.54, 1.807) is 18.9 Å². The Bertz CT molecular complexity index is 586. The molecule has 0 fully saturated rings. The number of carbonyl (C=O) groups excluding carboxylic acids is 1. The number of anilines is 1. The Morgan fingerprint density at radius 2 is 1.95 bits per heavy atom. The number of ether oxygens (including phenoxy) is 1. The highest BCUT2D eigenvalue weighted by Crippen LogP contribution is 2.23. The van der Waals surface area contributed by atoms with Crippen molar-refractivity contribution in [2.75, 3.05) is 12.4 Å². The summed E-state index contributed by atoms with van der Waals surface area (Å²) in [5.41, 5.74) is 1.84. The molecule has 0 aromatic heterocycles. The number of hydrogen-bond acceptors (Lipinski definition) is 3. The number of methoxy groups -OCH3 is 1. The van der Waals surface area contributed by atoms with Crippen LogP contribution in [-0.4, -0.2) is 18.3 Å². The highest BCUT2D eigenvalue weighted by molar-refractivity contribution is 8.00. The third kappa shape index (κ3) is 4.92. The summed E-state index contributed by atoms with van der Waals surface area (Å²) in [6.45, 7) is 2.45. The summed E-state index contributed by atoms with van der Waals surface area (Å²) in [6.07, 6.45) is 0. The van der Waals surface area contributed by atoms with Gasteiger partial charge < -0.3 is 10.1 Å². The molecule has 110 valence electrons. The van der Waals surface area contributed by atoms with Gasteiger partial charge in [0, 0.05) is 17.7 Å². The Hall–Kier alpha value is -1.78. The van der Waals surface area contributed by atoms with Crippen LogP contribution in [0.25, 0.3) is 0 Å². The molecule has 0 aliphatic rings. The first-order chi connectivity index (χ1) is 10.2. The van der Waals surface area contributed by atoms with Crippen LogP contribution in [0.5, 0.6) is 0 Å². The molecule has 3 nitrogen and oxygen atoms in total. The topological polar surface area (TPSA) is 38.3 Å². The standard InChI is InChI=1S/C17H19NO2S/c1-13(21-16-9-4-3-5-10-16)17(19)18-15-8-6-7-14(11-15)12-20-2/h3-11,13H,12H2,1-2H3,(H,18,19)/t13-/m0/s1. The predicted molar refractivity (Wildman–Crippen MR) is 87.5 cm³/mol. The molecular formula is C17H19NO2S. The van der Waals surface area contributed by atoms with Crippen molar-refractivity contribution in [3.05, 3.63) is 60.2 Å². The third-order valence-corrected chi connectivity index (χ3v) is 4.04. The SMILES string of the molecule is COCc1cccc(NC(=O)[C@H](C)Sc2ccccc2)c1. The second kappa shape index (κ2) is 7.86. The van der Waals surface area contributed by atoms with E-state index in [4.69, 9.17) is 4.74 Å². The van der Waals surface area contributed by atoms with E-state index in [-0.39, 0.29) is 11.2 Å². The Kier molecular flexibility index (Phi) is 5.84. The van der Waals surface area contributed by atoms with Gasteiger partial charge in [0.15, 0.2) is 0 Å². The minimum Gasteiger partial charge on any atom is -0.380 e. The number of benzene rings is 2. The Morgan fingerprint density at radius 3 is 2.67 bits per heavy atom. The molecule has 0 radical (unpaired) electrons. The van der Waals surface area contributed by atoms with Gasteiger partial charge in [-0.05, 0) is 36.8 Å². The summed E-state index contributed by atoms with van der Waals surface area (Å²) >= 11 is 1.55. The van der Waals surface area contributed by atoms with E-state index in [1.807, 2.05) is 61.5 Å². The lowest BCUT2D eigenvalue weighted by atomic mass is 10.2. The molecule has 0 spiro atoms. The van der Waals surface area contributed by atoms with Gasteiger partial charge in [0.05, 0.1) is 11.9 Å². The van der Waals surface area contributed by atoms with Crippen molar-refractivity contribution in [2.24, 2.45) is 0 Å². The zero-order chi connectivity index (χ0) is 15.1. The predicted octanol–water partition coefficient (Wildman–Crippen LogP) is 3.95. The lowest BCUT2D eigenvalue weighted by molar-refractivity contribution is -0.115. The van der Waals surface area contributed by atoms with Crippen LogP contribution in [-0.2, 0) is 16.1 Å². The second-order valence-electron chi connectivity index (χ2n) is 4.70. The molecule has 1 N–H and O–H groups in total. The molecule has 0 aliphatic heterocycles. The Labute approximate surface area is 129 Å². The lowest BCUT2D eigenvalue weighted by Gasteiger charge is -2.12. The molecule has 0 unspecified atom stereocenters. The molecule has 1 amide bonds. The van der Waals surface area contributed by atoms with Gasteiger partial charge >= 0.3 is 0 Å². The monoisotopic (exact) mass is 301 g/mol. The molecule has 0 saturated heterocycles. The average molecular weight is 301 g/mol. The number of hydrogen-bond donors (Lipinski definition) is 1. The van der Waals surface area contributed by atoms with E-state index in [1.165, 1.54) is 0 Å². The summed E-state index contributed by atoms with van der Waals surface area (Å²) in [4.78, 5) is 13.3. The molecule has 2 rings (SSSR count). The largest absolute Gasteiger partial charge is 0.380 e. The maximum atomic E-state index is 12.2. The van der Waals surface area contributed by atoms with Crippen molar-refractivity contribution in [1.82, 2.24) is 0 Å². The van der Waals surface area contributed by atoms with Gasteiger partial charge in [-0.3, -0.25) is 4.79 Å². The lowest BCUT2D eigenvalue weighted by Crippen LogP contribution is -2.22. The molecule has 1 atom stereocenters. The smallest absolute Gasteiger partial charge is 0.237 e. The summed E-state index contributed by atoms with van der Waals surface area (Å²) in [6, 6.07) is 17.6. The first-order valence-corrected chi connectivity index (χ1v) is 7.67. The number of rotatable bonds is 6. The highest BCUT2D eigenvalue weighted by atomic mass is 32.2. The molecule has 2 aromatic rings. The third-order valence-electron chi connectivity index (χ3n) is 2.93. The summed E-state index contributed by atoms with van der Waals surface area (Å²) in [5.74, 6) is -0.00146. The number of amides is 1. The molecule has 2 aromatic carbocycles. The highest BCUT2D eigenvalue weighted by Gasteiger charge is 2.14. The fourth-order valence-electron chi connectivity index (χ4n) is 1.91. The summed E-state index contributed by atoms with van der Waals surface area (Å²) < 4.78 is 5.10. The fraction of sp³-hybridized carbons (Fsp3) is 0.235. The van der Waals surface area contributed by atoms with Gasteiger partial charge in [-0.15, -0.1) is 11.8 Å². The van der Waals surface area contributed by atoms with Crippen molar-refractivity contribution in [3.8, 4) is 0 Å². The van der Waals surface area contributed by atoms with Crippen molar-refractivity contribution >= 4 is 23.4 Å². The second-order valence-corrected chi connectivity index (χ2v) is 6.11.